The molecule has 0 aliphatic heterocycles. The molecule has 2 aromatic carbocycles. The minimum Gasteiger partial charge on any atom is -0.494 e. The van der Waals surface area contributed by atoms with Crippen molar-refractivity contribution < 1.29 is 22.7 Å². The molecule has 2 aromatic rings. The van der Waals surface area contributed by atoms with E-state index in [4.69, 9.17) is 4.74 Å². The second-order valence-corrected chi connectivity index (χ2v) is 6.68. The monoisotopic (exact) mass is 349 g/mol. The van der Waals surface area contributed by atoms with Crippen LogP contribution in [-0.4, -0.2) is 28.1 Å². The van der Waals surface area contributed by atoms with Gasteiger partial charge in [-0.3, -0.25) is 4.72 Å². The Morgan fingerprint density at radius 2 is 1.83 bits per heavy atom. The second kappa shape index (κ2) is 7.83. The van der Waals surface area contributed by atoms with Gasteiger partial charge in [-0.05, 0) is 48.9 Å². The van der Waals surface area contributed by atoms with Crippen molar-refractivity contribution in [2.75, 3.05) is 18.4 Å². The van der Waals surface area contributed by atoms with Crippen molar-refractivity contribution in [2.24, 2.45) is 0 Å². The summed E-state index contributed by atoms with van der Waals surface area (Å²) in [5.41, 5.74) is 0.547. The molecule has 0 unspecified atom stereocenters. The number of carbonyl (C=O) groups excluding carboxylic acids is 1. The van der Waals surface area contributed by atoms with Gasteiger partial charge in [-0.25, -0.2) is 13.2 Å². The SMILES string of the molecule is CCCOc1ccc(S(=O)(=O)Nc2cccc(C(=O)OC)c2)cc1. The molecule has 0 spiro atoms. The van der Waals surface area contributed by atoms with E-state index in [-0.39, 0.29) is 16.1 Å². The Bertz CT molecular complexity index is 800. The standard InChI is InChI=1S/C17H19NO5S/c1-3-11-23-15-7-9-16(10-8-15)24(20,21)18-14-6-4-5-13(12-14)17(19)22-2/h4-10,12,18H,3,11H2,1-2H3. The van der Waals surface area contributed by atoms with Crippen molar-refractivity contribution in [2.45, 2.75) is 18.2 Å². The van der Waals surface area contributed by atoms with Gasteiger partial charge in [0.05, 0.1) is 24.2 Å². The summed E-state index contributed by atoms with van der Waals surface area (Å²) in [5.74, 6) is 0.0805. The van der Waals surface area contributed by atoms with Crippen LogP contribution >= 0.6 is 0 Å². The molecule has 0 bridgehead atoms. The topological polar surface area (TPSA) is 81.7 Å². The molecule has 0 radical (unpaired) electrons. The normalized spacial score (nSPS) is 10.9. The Morgan fingerprint density at radius 3 is 2.46 bits per heavy atom. The Kier molecular flexibility index (Phi) is 5.81. The molecule has 24 heavy (non-hydrogen) atoms. The van der Waals surface area contributed by atoms with Crippen LogP contribution in [0.4, 0.5) is 5.69 Å². The Hall–Kier alpha value is -2.54. The average Bonchev–Trinajstić information content (AvgIpc) is 2.59. The van der Waals surface area contributed by atoms with E-state index in [1.54, 1.807) is 30.3 Å². The van der Waals surface area contributed by atoms with Crippen LogP contribution in [0.1, 0.15) is 23.7 Å². The molecule has 0 saturated heterocycles. The maximum Gasteiger partial charge on any atom is 0.337 e. The van der Waals surface area contributed by atoms with Gasteiger partial charge in [-0.2, -0.15) is 0 Å². The summed E-state index contributed by atoms with van der Waals surface area (Å²) in [7, 11) is -2.49. The van der Waals surface area contributed by atoms with E-state index in [1.807, 2.05) is 6.92 Å². The van der Waals surface area contributed by atoms with Gasteiger partial charge in [0.2, 0.25) is 0 Å². The number of carbonyl (C=O) groups is 1. The highest BCUT2D eigenvalue weighted by Crippen LogP contribution is 2.20. The zero-order valence-corrected chi connectivity index (χ0v) is 14.3. The third-order valence-electron chi connectivity index (χ3n) is 3.14. The lowest BCUT2D eigenvalue weighted by atomic mass is 10.2. The third kappa shape index (κ3) is 4.48. The highest BCUT2D eigenvalue weighted by molar-refractivity contribution is 7.92. The van der Waals surface area contributed by atoms with Crippen LogP contribution in [0.15, 0.2) is 53.4 Å². The van der Waals surface area contributed by atoms with Gasteiger partial charge in [0, 0.05) is 5.69 Å². The first-order valence-corrected chi connectivity index (χ1v) is 8.88. The van der Waals surface area contributed by atoms with Crippen LogP contribution < -0.4 is 9.46 Å². The average molecular weight is 349 g/mol. The van der Waals surface area contributed by atoms with Gasteiger partial charge in [-0.1, -0.05) is 13.0 Å². The minimum atomic E-state index is -3.76. The van der Waals surface area contributed by atoms with Crippen LogP contribution in [0, 0.1) is 0 Å². The predicted octanol–water partition coefficient (Wildman–Crippen LogP) is 3.06. The molecular weight excluding hydrogens is 330 g/mol. The Balaban J connectivity index is 2.17. The van der Waals surface area contributed by atoms with Crippen molar-refractivity contribution in [3.05, 3.63) is 54.1 Å². The Morgan fingerprint density at radius 1 is 1.12 bits per heavy atom. The van der Waals surface area contributed by atoms with Gasteiger partial charge in [-0.15, -0.1) is 0 Å². The number of rotatable bonds is 7. The zero-order chi connectivity index (χ0) is 17.6. The number of hydrogen-bond donors (Lipinski definition) is 1. The number of methoxy groups -OCH3 is 1. The maximum absolute atomic E-state index is 12.4. The van der Waals surface area contributed by atoms with Crippen molar-refractivity contribution in [1.29, 1.82) is 0 Å². The molecule has 0 aliphatic rings. The van der Waals surface area contributed by atoms with Gasteiger partial charge in [0.15, 0.2) is 0 Å². The molecule has 0 aromatic heterocycles. The molecule has 0 amide bonds. The highest BCUT2D eigenvalue weighted by atomic mass is 32.2. The van der Waals surface area contributed by atoms with Crippen molar-refractivity contribution in [1.82, 2.24) is 0 Å². The van der Waals surface area contributed by atoms with Gasteiger partial charge >= 0.3 is 5.97 Å². The Labute approximate surface area is 141 Å². The van der Waals surface area contributed by atoms with E-state index in [0.29, 0.717) is 12.4 Å². The zero-order valence-electron chi connectivity index (χ0n) is 13.5. The smallest absolute Gasteiger partial charge is 0.337 e. The number of ether oxygens (including phenoxy) is 2. The molecule has 2 rings (SSSR count). The van der Waals surface area contributed by atoms with Crippen LogP contribution in [-0.2, 0) is 14.8 Å². The molecule has 0 heterocycles. The highest BCUT2D eigenvalue weighted by Gasteiger charge is 2.15. The number of anilines is 1. The largest absolute Gasteiger partial charge is 0.494 e. The van der Waals surface area contributed by atoms with E-state index in [2.05, 4.69) is 9.46 Å². The quantitative estimate of drug-likeness (QED) is 0.777. The first-order chi connectivity index (χ1) is 11.5. The minimum absolute atomic E-state index is 0.106. The molecule has 6 nitrogen and oxygen atoms in total. The van der Waals surface area contributed by atoms with E-state index in [1.165, 1.54) is 25.3 Å². The van der Waals surface area contributed by atoms with Gasteiger partial charge in [0.1, 0.15) is 5.75 Å². The fourth-order valence-electron chi connectivity index (χ4n) is 1.98. The van der Waals surface area contributed by atoms with Gasteiger partial charge < -0.3 is 9.47 Å². The fraction of sp³-hybridized carbons (Fsp3) is 0.235. The van der Waals surface area contributed by atoms with Crippen LogP contribution in [0.5, 0.6) is 5.75 Å². The molecule has 0 aliphatic carbocycles. The molecule has 128 valence electrons. The van der Waals surface area contributed by atoms with Crippen LogP contribution in [0.2, 0.25) is 0 Å². The van der Waals surface area contributed by atoms with E-state index in [9.17, 15) is 13.2 Å². The first kappa shape index (κ1) is 17.8. The molecule has 7 heteroatoms. The summed E-state index contributed by atoms with van der Waals surface area (Å²) in [6.45, 7) is 2.57. The second-order valence-electron chi connectivity index (χ2n) is 5.00. The van der Waals surface area contributed by atoms with Crippen LogP contribution in [0.25, 0.3) is 0 Å². The predicted molar refractivity (Wildman–Crippen MR) is 90.8 cm³/mol. The summed E-state index contributed by atoms with van der Waals surface area (Å²) in [4.78, 5) is 11.6. The number of sulfonamides is 1. The lowest BCUT2D eigenvalue weighted by Crippen LogP contribution is -2.13. The number of nitrogens with one attached hydrogen (secondary N) is 1. The maximum atomic E-state index is 12.4. The van der Waals surface area contributed by atoms with Crippen LogP contribution in [0.3, 0.4) is 0 Å². The summed E-state index contributed by atoms with van der Waals surface area (Å²) in [5, 5.41) is 0. The molecule has 0 atom stereocenters. The molecular formula is C17H19NO5S. The third-order valence-corrected chi connectivity index (χ3v) is 4.54. The molecule has 0 fully saturated rings. The van der Waals surface area contributed by atoms with E-state index < -0.39 is 16.0 Å². The number of hydrogen-bond acceptors (Lipinski definition) is 5. The summed E-state index contributed by atoms with van der Waals surface area (Å²) in [6, 6.07) is 12.2. The first-order valence-electron chi connectivity index (χ1n) is 7.40. The van der Waals surface area contributed by atoms with Crippen molar-refractivity contribution >= 4 is 21.7 Å². The van der Waals surface area contributed by atoms with E-state index >= 15 is 0 Å². The van der Waals surface area contributed by atoms with Crippen molar-refractivity contribution in [3.8, 4) is 5.75 Å². The van der Waals surface area contributed by atoms with Crippen molar-refractivity contribution in [3.63, 3.8) is 0 Å². The molecule has 0 saturated carbocycles. The van der Waals surface area contributed by atoms with Gasteiger partial charge in [0.25, 0.3) is 10.0 Å². The summed E-state index contributed by atoms with van der Waals surface area (Å²) >= 11 is 0. The summed E-state index contributed by atoms with van der Waals surface area (Å²) in [6.07, 6.45) is 0.873. The summed E-state index contributed by atoms with van der Waals surface area (Å²) < 4.78 is 37.3. The lowest BCUT2D eigenvalue weighted by molar-refractivity contribution is 0.0601. The fourth-order valence-corrected chi connectivity index (χ4v) is 3.03. The number of benzene rings is 2. The lowest BCUT2D eigenvalue weighted by Gasteiger charge is -2.10. The van der Waals surface area contributed by atoms with E-state index in [0.717, 1.165) is 6.42 Å². The number of esters is 1. The molecule has 1 N–H and O–H groups in total.